The van der Waals surface area contributed by atoms with Crippen LogP contribution in [0.2, 0.25) is 0 Å². The van der Waals surface area contributed by atoms with Gasteiger partial charge < -0.3 is 15.2 Å². The van der Waals surface area contributed by atoms with Gasteiger partial charge in [0.2, 0.25) is 0 Å². The number of rotatable bonds is 5. The Labute approximate surface area is 116 Å². The molecular weight excluding hydrogens is 238 g/mol. The van der Waals surface area contributed by atoms with Crippen LogP contribution in [-0.2, 0) is 13.0 Å². The number of aliphatic hydroxyl groups excluding tert-OH is 1. The molecule has 0 spiro atoms. The van der Waals surface area contributed by atoms with Gasteiger partial charge in [0.15, 0.2) is 0 Å². The minimum Gasteiger partial charge on any atom is -0.487 e. The van der Waals surface area contributed by atoms with Gasteiger partial charge in [0.1, 0.15) is 11.4 Å². The summed E-state index contributed by atoms with van der Waals surface area (Å²) in [5.41, 5.74) is 2.45. The summed E-state index contributed by atoms with van der Waals surface area (Å²) in [6, 6.07) is 6.53. The Hall–Kier alpha value is -1.06. The quantitative estimate of drug-likeness (QED) is 0.857. The standard InChI is InChI=1S/C16H25NO2/c1-11(2)14(10-18)17-9-12-5-6-15-13(7-12)8-16(3,4)19-15/h5-7,11,14,17-18H,8-10H2,1-4H3. The molecule has 0 saturated carbocycles. The first-order chi connectivity index (χ1) is 8.91. The molecule has 0 bridgehead atoms. The summed E-state index contributed by atoms with van der Waals surface area (Å²) in [6.45, 7) is 9.44. The second-order valence-electron chi connectivity index (χ2n) is 6.39. The normalized spacial score (nSPS) is 18.2. The van der Waals surface area contributed by atoms with Crippen LogP contribution in [0.5, 0.6) is 5.75 Å². The molecule has 0 aromatic heterocycles. The molecule has 0 amide bonds. The molecule has 1 aliphatic rings. The minimum atomic E-state index is -0.0834. The maximum atomic E-state index is 9.32. The average Bonchev–Trinajstić information content (AvgIpc) is 2.62. The van der Waals surface area contributed by atoms with Crippen LogP contribution in [0.3, 0.4) is 0 Å². The second-order valence-corrected chi connectivity index (χ2v) is 6.39. The molecule has 3 heteroatoms. The Bertz CT molecular complexity index is 440. The van der Waals surface area contributed by atoms with E-state index in [9.17, 15) is 5.11 Å². The van der Waals surface area contributed by atoms with Gasteiger partial charge in [-0.3, -0.25) is 0 Å². The highest BCUT2D eigenvalue weighted by molar-refractivity contribution is 5.41. The summed E-state index contributed by atoms with van der Waals surface area (Å²) in [5.74, 6) is 1.44. The van der Waals surface area contributed by atoms with E-state index in [1.54, 1.807) is 0 Å². The van der Waals surface area contributed by atoms with E-state index < -0.39 is 0 Å². The van der Waals surface area contributed by atoms with Crippen molar-refractivity contribution in [2.75, 3.05) is 6.61 Å². The highest BCUT2D eigenvalue weighted by Gasteiger charge is 2.29. The maximum Gasteiger partial charge on any atom is 0.123 e. The molecule has 1 aliphatic heterocycles. The zero-order chi connectivity index (χ0) is 14.0. The molecule has 1 aromatic carbocycles. The average molecular weight is 263 g/mol. The number of aliphatic hydroxyl groups is 1. The van der Waals surface area contributed by atoms with Crippen molar-refractivity contribution in [1.82, 2.24) is 5.32 Å². The van der Waals surface area contributed by atoms with E-state index >= 15 is 0 Å². The van der Waals surface area contributed by atoms with Crippen molar-refractivity contribution in [2.24, 2.45) is 5.92 Å². The van der Waals surface area contributed by atoms with E-state index in [1.165, 1.54) is 11.1 Å². The minimum absolute atomic E-state index is 0.0834. The van der Waals surface area contributed by atoms with E-state index in [1.807, 2.05) is 0 Å². The lowest BCUT2D eigenvalue weighted by molar-refractivity contribution is 0.138. The molecule has 1 unspecified atom stereocenters. The van der Waals surface area contributed by atoms with E-state index in [2.05, 4.69) is 51.2 Å². The van der Waals surface area contributed by atoms with Crippen LogP contribution < -0.4 is 10.1 Å². The summed E-state index contributed by atoms with van der Waals surface area (Å²) in [7, 11) is 0. The monoisotopic (exact) mass is 263 g/mol. The van der Waals surface area contributed by atoms with Crippen LogP contribution in [0.4, 0.5) is 0 Å². The van der Waals surface area contributed by atoms with Gasteiger partial charge >= 0.3 is 0 Å². The first-order valence-electron chi connectivity index (χ1n) is 7.06. The Morgan fingerprint density at radius 3 is 2.74 bits per heavy atom. The van der Waals surface area contributed by atoms with Crippen LogP contribution in [0.15, 0.2) is 18.2 Å². The molecule has 0 radical (unpaired) electrons. The molecule has 0 fully saturated rings. The van der Waals surface area contributed by atoms with Crippen molar-refractivity contribution in [1.29, 1.82) is 0 Å². The summed E-state index contributed by atoms with van der Waals surface area (Å²) in [5, 5.41) is 12.7. The van der Waals surface area contributed by atoms with E-state index in [4.69, 9.17) is 4.74 Å². The number of ether oxygens (including phenoxy) is 1. The molecule has 0 aliphatic carbocycles. The van der Waals surface area contributed by atoms with Crippen LogP contribution >= 0.6 is 0 Å². The lowest BCUT2D eigenvalue weighted by Crippen LogP contribution is -2.36. The predicted octanol–water partition coefficient (Wildman–Crippen LogP) is 2.51. The van der Waals surface area contributed by atoms with Crippen LogP contribution in [0.1, 0.15) is 38.8 Å². The highest BCUT2D eigenvalue weighted by Crippen LogP contribution is 2.35. The molecule has 2 rings (SSSR count). The zero-order valence-corrected chi connectivity index (χ0v) is 12.4. The summed E-state index contributed by atoms with van der Waals surface area (Å²) >= 11 is 0. The third-order valence-electron chi connectivity index (χ3n) is 3.70. The lowest BCUT2D eigenvalue weighted by atomic mass is 10.00. The number of nitrogens with one attached hydrogen (secondary N) is 1. The van der Waals surface area contributed by atoms with Crippen molar-refractivity contribution in [2.45, 2.75) is 52.3 Å². The molecule has 3 nitrogen and oxygen atoms in total. The number of benzene rings is 1. The first kappa shape index (κ1) is 14.4. The zero-order valence-electron chi connectivity index (χ0n) is 12.4. The Balaban J connectivity index is 2.00. The topological polar surface area (TPSA) is 41.5 Å². The highest BCUT2D eigenvalue weighted by atomic mass is 16.5. The van der Waals surface area contributed by atoms with Gasteiger partial charge in [0.05, 0.1) is 6.61 Å². The Morgan fingerprint density at radius 2 is 2.11 bits per heavy atom. The predicted molar refractivity (Wildman–Crippen MR) is 77.4 cm³/mol. The van der Waals surface area contributed by atoms with Crippen LogP contribution in [0, 0.1) is 5.92 Å². The summed E-state index contributed by atoms with van der Waals surface area (Å²) in [6.07, 6.45) is 0.962. The molecule has 19 heavy (non-hydrogen) atoms. The van der Waals surface area contributed by atoms with Crippen LogP contribution in [0.25, 0.3) is 0 Å². The van der Waals surface area contributed by atoms with Crippen molar-refractivity contribution in [3.05, 3.63) is 29.3 Å². The first-order valence-corrected chi connectivity index (χ1v) is 7.06. The largest absolute Gasteiger partial charge is 0.487 e. The molecule has 0 saturated heterocycles. The van der Waals surface area contributed by atoms with Gasteiger partial charge in [-0.05, 0) is 37.0 Å². The van der Waals surface area contributed by atoms with E-state index in [0.29, 0.717) is 5.92 Å². The van der Waals surface area contributed by atoms with Crippen molar-refractivity contribution in [3.8, 4) is 5.75 Å². The molecule has 106 valence electrons. The van der Waals surface area contributed by atoms with Gasteiger partial charge in [-0.15, -0.1) is 0 Å². The van der Waals surface area contributed by atoms with Crippen molar-refractivity contribution in [3.63, 3.8) is 0 Å². The van der Waals surface area contributed by atoms with Gasteiger partial charge in [-0.25, -0.2) is 0 Å². The van der Waals surface area contributed by atoms with Gasteiger partial charge in [0, 0.05) is 19.0 Å². The summed E-state index contributed by atoms with van der Waals surface area (Å²) in [4.78, 5) is 0. The van der Waals surface area contributed by atoms with Gasteiger partial charge in [-0.1, -0.05) is 26.0 Å². The number of fused-ring (bicyclic) bond motifs is 1. The SMILES string of the molecule is CC(C)C(CO)NCc1ccc2c(c1)CC(C)(C)O2. The molecular formula is C16H25NO2. The van der Waals surface area contributed by atoms with Crippen molar-refractivity contribution < 1.29 is 9.84 Å². The van der Waals surface area contributed by atoms with Gasteiger partial charge in [0.25, 0.3) is 0 Å². The second kappa shape index (κ2) is 5.51. The third kappa shape index (κ3) is 3.48. The van der Waals surface area contributed by atoms with Crippen LogP contribution in [-0.4, -0.2) is 23.4 Å². The third-order valence-corrected chi connectivity index (χ3v) is 3.70. The molecule has 1 atom stereocenters. The molecule has 2 N–H and O–H groups in total. The van der Waals surface area contributed by atoms with Gasteiger partial charge in [-0.2, -0.15) is 0 Å². The Morgan fingerprint density at radius 1 is 1.37 bits per heavy atom. The number of hydrogen-bond acceptors (Lipinski definition) is 3. The summed E-state index contributed by atoms with van der Waals surface area (Å²) < 4.78 is 5.87. The fourth-order valence-corrected chi connectivity index (χ4v) is 2.53. The van der Waals surface area contributed by atoms with E-state index in [0.717, 1.165) is 18.7 Å². The van der Waals surface area contributed by atoms with Crippen molar-refractivity contribution >= 4 is 0 Å². The molecule has 1 aromatic rings. The lowest BCUT2D eigenvalue weighted by Gasteiger charge is -2.20. The Kier molecular flexibility index (Phi) is 4.16. The smallest absolute Gasteiger partial charge is 0.123 e. The van der Waals surface area contributed by atoms with E-state index in [-0.39, 0.29) is 18.2 Å². The maximum absolute atomic E-state index is 9.32. The molecule has 1 heterocycles. The number of hydrogen-bond donors (Lipinski definition) is 2. The fraction of sp³-hybridized carbons (Fsp3) is 0.625. The fourth-order valence-electron chi connectivity index (χ4n) is 2.53.